The highest BCUT2D eigenvalue weighted by molar-refractivity contribution is 7.89. The number of rotatable bonds is 7. The van der Waals surface area contributed by atoms with Crippen LogP contribution in [0.25, 0.3) is 0 Å². The van der Waals surface area contributed by atoms with Gasteiger partial charge in [0.1, 0.15) is 10.6 Å². The molecule has 1 atom stereocenters. The number of aromatic nitrogens is 1. The minimum Gasteiger partial charge on any atom is -0.454 e. The first-order valence-corrected chi connectivity index (χ1v) is 9.87. The van der Waals surface area contributed by atoms with Crippen LogP contribution in [0.5, 0.6) is 11.5 Å². The Morgan fingerprint density at radius 1 is 1.26 bits per heavy atom. The highest BCUT2D eigenvalue weighted by Crippen LogP contribution is 2.32. The molecule has 0 aliphatic carbocycles. The molecule has 0 bridgehead atoms. The number of aryl methyl sites for hydroxylation is 2. The summed E-state index contributed by atoms with van der Waals surface area (Å²) in [4.78, 5) is 12.2. The average Bonchev–Trinajstić information content (AvgIpc) is 3.20. The van der Waals surface area contributed by atoms with Gasteiger partial charge in [-0.1, -0.05) is 11.2 Å². The van der Waals surface area contributed by atoms with Gasteiger partial charge in [-0.15, -0.1) is 0 Å². The van der Waals surface area contributed by atoms with Crippen LogP contribution in [0, 0.1) is 13.8 Å². The number of amides is 1. The first kappa shape index (κ1) is 19.2. The Morgan fingerprint density at radius 2 is 2.00 bits per heavy atom. The number of carbonyl (C=O) groups excluding carboxylic acids is 1. The molecule has 1 aromatic heterocycles. The molecule has 146 valence electrons. The molecule has 3 rings (SSSR count). The first-order valence-electron chi connectivity index (χ1n) is 8.39. The Hall–Kier alpha value is -2.59. The summed E-state index contributed by atoms with van der Waals surface area (Å²) in [7, 11) is -3.90. The lowest BCUT2D eigenvalue weighted by Gasteiger charge is -2.14. The van der Waals surface area contributed by atoms with E-state index in [4.69, 9.17) is 14.0 Å². The van der Waals surface area contributed by atoms with Crippen LogP contribution in [0.1, 0.15) is 23.9 Å². The van der Waals surface area contributed by atoms with E-state index in [0.29, 0.717) is 24.5 Å². The molecule has 10 heteroatoms. The maximum absolute atomic E-state index is 12.4. The number of nitrogens with zero attached hydrogens (tertiary/aromatic N) is 1. The highest BCUT2D eigenvalue weighted by atomic mass is 32.2. The molecule has 0 radical (unpaired) electrons. The molecular weight excluding hydrogens is 374 g/mol. The van der Waals surface area contributed by atoms with Crippen molar-refractivity contribution in [2.75, 3.05) is 13.3 Å². The number of ether oxygens (including phenoxy) is 2. The largest absolute Gasteiger partial charge is 0.454 e. The summed E-state index contributed by atoms with van der Waals surface area (Å²) in [6.45, 7) is 5.08. The lowest BCUT2D eigenvalue weighted by molar-refractivity contribution is -0.122. The maximum atomic E-state index is 12.4. The fourth-order valence-electron chi connectivity index (χ4n) is 2.78. The molecule has 1 aliphatic heterocycles. The van der Waals surface area contributed by atoms with Gasteiger partial charge < -0.3 is 19.3 Å². The van der Waals surface area contributed by atoms with Crippen LogP contribution < -0.4 is 19.5 Å². The van der Waals surface area contributed by atoms with Gasteiger partial charge in [0, 0.05) is 6.54 Å². The van der Waals surface area contributed by atoms with Crippen LogP contribution in [0.2, 0.25) is 0 Å². The zero-order valence-corrected chi connectivity index (χ0v) is 16.1. The van der Waals surface area contributed by atoms with E-state index in [1.807, 2.05) is 18.2 Å². The lowest BCUT2D eigenvalue weighted by Crippen LogP contribution is -2.45. The number of carbonyl (C=O) groups is 1. The van der Waals surface area contributed by atoms with E-state index < -0.39 is 22.0 Å². The normalized spacial score (nSPS) is 14.2. The molecular formula is C17H21N3O6S. The fourth-order valence-corrected chi connectivity index (χ4v) is 4.32. The minimum absolute atomic E-state index is 0.0393. The molecule has 1 amide bonds. The number of sulfonamides is 1. The van der Waals surface area contributed by atoms with E-state index in [2.05, 4.69) is 15.2 Å². The molecule has 0 fully saturated rings. The molecule has 1 aliphatic rings. The Kier molecular flexibility index (Phi) is 5.38. The Labute approximate surface area is 157 Å². The molecule has 1 aromatic carbocycles. The first-order chi connectivity index (χ1) is 12.8. The van der Waals surface area contributed by atoms with Crippen LogP contribution in [-0.2, 0) is 21.2 Å². The molecule has 2 aromatic rings. The van der Waals surface area contributed by atoms with Gasteiger partial charge in [0.15, 0.2) is 17.3 Å². The van der Waals surface area contributed by atoms with E-state index in [1.54, 1.807) is 0 Å². The van der Waals surface area contributed by atoms with Crippen molar-refractivity contribution in [1.29, 1.82) is 0 Å². The van der Waals surface area contributed by atoms with E-state index in [0.717, 1.165) is 5.56 Å². The van der Waals surface area contributed by atoms with Crippen molar-refractivity contribution in [3.63, 3.8) is 0 Å². The molecule has 27 heavy (non-hydrogen) atoms. The van der Waals surface area contributed by atoms with Gasteiger partial charge in [-0.2, -0.15) is 4.72 Å². The number of hydrogen-bond acceptors (Lipinski definition) is 7. The van der Waals surface area contributed by atoms with E-state index in [9.17, 15) is 13.2 Å². The second kappa shape index (κ2) is 7.57. The molecule has 0 saturated heterocycles. The monoisotopic (exact) mass is 395 g/mol. The van der Waals surface area contributed by atoms with Gasteiger partial charge in [-0.05, 0) is 44.9 Å². The Bertz CT molecular complexity index is 934. The van der Waals surface area contributed by atoms with Crippen molar-refractivity contribution in [1.82, 2.24) is 15.2 Å². The average molecular weight is 395 g/mol. The van der Waals surface area contributed by atoms with E-state index >= 15 is 0 Å². The van der Waals surface area contributed by atoms with Gasteiger partial charge in [-0.3, -0.25) is 4.79 Å². The third-order valence-electron chi connectivity index (χ3n) is 4.11. The van der Waals surface area contributed by atoms with E-state index in [-0.39, 0.29) is 23.1 Å². The van der Waals surface area contributed by atoms with Crippen molar-refractivity contribution in [2.24, 2.45) is 0 Å². The topological polar surface area (TPSA) is 120 Å². The standard InChI is InChI=1S/C17H21N3O6S/c1-10-16(12(3)26-19-10)27(22,23)20-11(2)17(21)18-7-6-13-4-5-14-15(8-13)25-9-24-14/h4-5,8,11,20H,6-7,9H2,1-3H3,(H,18,21). The van der Waals surface area contributed by atoms with Crippen molar-refractivity contribution in [2.45, 2.75) is 38.1 Å². The number of benzene rings is 1. The van der Waals surface area contributed by atoms with Crippen LogP contribution >= 0.6 is 0 Å². The molecule has 0 saturated carbocycles. The number of nitrogens with one attached hydrogen (secondary N) is 2. The SMILES string of the molecule is Cc1noc(C)c1S(=O)(=O)NC(C)C(=O)NCCc1ccc2c(c1)OCO2. The summed E-state index contributed by atoms with van der Waals surface area (Å²) in [5, 5.41) is 6.35. The van der Waals surface area contributed by atoms with Crippen LogP contribution in [-0.4, -0.2) is 38.9 Å². The molecule has 2 N–H and O–H groups in total. The summed E-state index contributed by atoms with van der Waals surface area (Å²) in [6, 6.07) is 4.63. The van der Waals surface area contributed by atoms with Crippen molar-refractivity contribution in [3.8, 4) is 11.5 Å². The van der Waals surface area contributed by atoms with E-state index in [1.165, 1.54) is 20.8 Å². The highest BCUT2D eigenvalue weighted by Gasteiger charge is 2.28. The molecule has 9 nitrogen and oxygen atoms in total. The minimum atomic E-state index is -3.90. The summed E-state index contributed by atoms with van der Waals surface area (Å²) in [5.74, 6) is 1.13. The summed E-state index contributed by atoms with van der Waals surface area (Å²) in [6.07, 6.45) is 0.575. The Balaban J connectivity index is 1.53. The molecule has 2 heterocycles. The fraction of sp³-hybridized carbons (Fsp3) is 0.412. The maximum Gasteiger partial charge on any atom is 0.246 e. The summed E-state index contributed by atoms with van der Waals surface area (Å²) >= 11 is 0. The molecule has 1 unspecified atom stereocenters. The summed E-state index contributed by atoms with van der Waals surface area (Å²) < 4.78 is 42.7. The van der Waals surface area contributed by atoms with Crippen LogP contribution in [0.4, 0.5) is 0 Å². The lowest BCUT2D eigenvalue weighted by atomic mass is 10.1. The third-order valence-corrected chi connectivity index (χ3v) is 5.90. The predicted octanol–water partition coefficient (Wildman–Crippen LogP) is 1.05. The van der Waals surface area contributed by atoms with Crippen molar-refractivity contribution >= 4 is 15.9 Å². The van der Waals surface area contributed by atoms with Gasteiger partial charge in [0.25, 0.3) is 0 Å². The number of hydrogen-bond donors (Lipinski definition) is 2. The van der Waals surface area contributed by atoms with Gasteiger partial charge >= 0.3 is 0 Å². The zero-order chi connectivity index (χ0) is 19.6. The third kappa shape index (κ3) is 4.22. The Morgan fingerprint density at radius 3 is 2.70 bits per heavy atom. The summed E-state index contributed by atoms with van der Waals surface area (Å²) in [5.41, 5.74) is 1.22. The van der Waals surface area contributed by atoms with Crippen LogP contribution in [0.15, 0.2) is 27.6 Å². The predicted molar refractivity (Wildman–Crippen MR) is 95.0 cm³/mol. The van der Waals surface area contributed by atoms with Crippen molar-refractivity contribution in [3.05, 3.63) is 35.2 Å². The quantitative estimate of drug-likeness (QED) is 0.719. The smallest absolute Gasteiger partial charge is 0.246 e. The second-order valence-corrected chi connectivity index (χ2v) is 7.88. The zero-order valence-electron chi connectivity index (χ0n) is 15.2. The van der Waals surface area contributed by atoms with Gasteiger partial charge in [-0.25, -0.2) is 8.42 Å². The second-order valence-electron chi connectivity index (χ2n) is 6.22. The van der Waals surface area contributed by atoms with Gasteiger partial charge in [0.2, 0.25) is 22.7 Å². The van der Waals surface area contributed by atoms with Gasteiger partial charge in [0.05, 0.1) is 6.04 Å². The van der Waals surface area contributed by atoms with Crippen molar-refractivity contribution < 1.29 is 27.2 Å². The molecule has 0 spiro atoms. The van der Waals surface area contributed by atoms with Crippen LogP contribution in [0.3, 0.4) is 0 Å². The number of fused-ring (bicyclic) bond motifs is 1.